The second-order valence-electron chi connectivity index (χ2n) is 5.29. The summed E-state index contributed by atoms with van der Waals surface area (Å²) in [5, 5.41) is 6.43. The molecule has 0 aromatic carbocycles. The molecule has 2 heterocycles. The van der Waals surface area contributed by atoms with Gasteiger partial charge in [0.15, 0.2) is 0 Å². The van der Waals surface area contributed by atoms with Crippen molar-refractivity contribution in [1.29, 1.82) is 0 Å². The molecule has 0 radical (unpaired) electrons. The van der Waals surface area contributed by atoms with E-state index in [1.807, 2.05) is 24.7 Å². The van der Waals surface area contributed by atoms with Gasteiger partial charge in [-0.05, 0) is 49.3 Å². The van der Waals surface area contributed by atoms with Crippen molar-refractivity contribution in [2.75, 3.05) is 0 Å². The maximum Gasteiger partial charge on any atom is 0.146 e. The summed E-state index contributed by atoms with van der Waals surface area (Å²) < 4.78 is 1.82. The van der Waals surface area contributed by atoms with Crippen LogP contribution < -0.4 is 0 Å². The Bertz CT molecular complexity index is 611. The summed E-state index contributed by atoms with van der Waals surface area (Å²) >= 11 is 1.79. The maximum absolute atomic E-state index is 12.6. The molecule has 1 aliphatic rings. The second kappa shape index (κ2) is 4.93. The third kappa shape index (κ3) is 2.37. The van der Waals surface area contributed by atoms with Crippen LogP contribution in [-0.4, -0.2) is 15.6 Å². The Morgan fingerprint density at radius 3 is 3.16 bits per heavy atom. The van der Waals surface area contributed by atoms with Crippen LogP contribution in [0.1, 0.15) is 40.6 Å². The first-order valence-electron chi connectivity index (χ1n) is 6.73. The predicted octanol–water partition coefficient (Wildman–Crippen LogP) is 3.02. The summed E-state index contributed by atoms with van der Waals surface area (Å²) in [7, 11) is 1.91. The molecule has 100 valence electrons. The molecule has 0 saturated carbocycles. The van der Waals surface area contributed by atoms with E-state index in [1.165, 1.54) is 10.4 Å². The zero-order valence-corrected chi connectivity index (χ0v) is 12.2. The van der Waals surface area contributed by atoms with Crippen LogP contribution in [0.5, 0.6) is 0 Å². The van der Waals surface area contributed by atoms with Crippen LogP contribution >= 0.6 is 11.3 Å². The number of Topliss-reactive ketones (excluding diaryl/α,β-unsaturated/α-hetero) is 1. The minimum absolute atomic E-state index is 0.102. The molecule has 0 aliphatic heterocycles. The number of fused-ring (bicyclic) bond motifs is 1. The summed E-state index contributed by atoms with van der Waals surface area (Å²) in [6, 6.07) is 4.14. The number of rotatable bonds is 3. The Morgan fingerprint density at radius 1 is 1.58 bits per heavy atom. The van der Waals surface area contributed by atoms with Crippen LogP contribution in [0.3, 0.4) is 0 Å². The van der Waals surface area contributed by atoms with Crippen molar-refractivity contribution in [3.8, 4) is 0 Å². The van der Waals surface area contributed by atoms with E-state index in [0.29, 0.717) is 12.2 Å². The Balaban J connectivity index is 1.81. The minimum Gasteiger partial charge on any atom is -0.299 e. The van der Waals surface area contributed by atoms with Gasteiger partial charge in [0.25, 0.3) is 0 Å². The van der Waals surface area contributed by atoms with Gasteiger partial charge in [0.05, 0.1) is 5.69 Å². The van der Waals surface area contributed by atoms with Crippen LogP contribution in [0.4, 0.5) is 0 Å². The molecule has 0 spiro atoms. The zero-order chi connectivity index (χ0) is 13.4. The van der Waals surface area contributed by atoms with E-state index >= 15 is 0 Å². The quantitative estimate of drug-likeness (QED) is 0.862. The average molecular weight is 274 g/mol. The van der Waals surface area contributed by atoms with Gasteiger partial charge in [0.2, 0.25) is 0 Å². The van der Waals surface area contributed by atoms with E-state index in [4.69, 9.17) is 0 Å². The van der Waals surface area contributed by atoms with Crippen molar-refractivity contribution in [1.82, 2.24) is 9.78 Å². The summed E-state index contributed by atoms with van der Waals surface area (Å²) in [4.78, 5) is 14.0. The monoisotopic (exact) mass is 274 g/mol. The highest BCUT2D eigenvalue weighted by Gasteiger charge is 2.27. The molecule has 1 aliphatic carbocycles. The molecular formula is C15H18N2OS. The van der Waals surface area contributed by atoms with E-state index in [2.05, 4.69) is 16.5 Å². The summed E-state index contributed by atoms with van der Waals surface area (Å²) in [6.45, 7) is 1.96. The first-order chi connectivity index (χ1) is 9.15. The molecule has 3 nitrogen and oxygen atoms in total. The normalized spacial score (nSPS) is 18.3. The molecule has 2 aromatic heterocycles. The zero-order valence-electron chi connectivity index (χ0n) is 11.3. The van der Waals surface area contributed by atoms with Crippen LogP contribution in [0.25, 0.3) is 0 Å². The second-order valence-corrected chi connectivity index (χ2v) is 6.29. The lowest BCUT2D eigenvalue weighted by Gasteiger charge is -2.21. The van der Waals surface area contributed by atoms with E-state index in [0.717, 1.165) is 30.7 Å². The number of hydrogen-bond donors (Lipinski definition) is 0. The number of aryl methyl sites for hydroxylation is 3. The van der Waals surface area contributed by atoms with Gasteiger partial charge >= 0.3 is 0 Å². The molecule has 0 bridgehead atoms. The Labute approximate surface area is 117 Å². The molecule has 0 saturated heterocycles. The topological polar surface area (TPSA) is 34.9 Å². The van der Waals surface area contributed by atoms with Crippen LogP contribution in [0.2, 0.25) is 0 Å². The third-order valence-electron chi connectivity index (χ3n) is 3.89. The molecule has 0 fully saturated rings. The average Bonchev–Trinajstić information content (AvgIpc) is 2.95. The van der Waals surface area contributed by atoms with Crippen molar-refractivity contribution in [3.05, 3.63) is 39.3 Å². The summed E-state index contributed by atoms with van der Waals surface area (Å²) in [5.74, 6) is 0.438. The third-order valence-corrected chi connectivity index (χ3v) is 4.89. The Morgan fingerprint density at radius 2 is 2.42 bits per heavy atom. The van der Waals surface area contributed by atoms with Crippen molar-refractivity contribution in [2.24, 2.45) is 7.05 Å². The lowest BCUT2D eigenvalue weighted by Crippen LogP contribution is -2.20. The number of thiophene rings is 1. The van der Waals surface area contributed by atoms with Gasteiger partial charge in [0.1, 0.15) is 5.78 Å². The van der Waals surface area contributed by atoms with E-state index in [1.54, 1.807) is 11.3 Å². The van der Waals surface area contributed by atoms with Gasteiger partial charge in [-0.2, -0.15) is 5.10 Å². The number of carbonyl (C=O) groups is 1. The van der Waals surface area contributed by atoms with E-state index in [-0.39, 0.29) is 5.92 Å². The van der Waals surface area contributed by atoms with Gasteiger partial charge in [-0.1, -0.05) is 0 Å². The first-order valence-corrected chi connectivity index (χ1v) is 7.61. The smallest absolute Gasteiger partial charge is 0.146 e. The van der Waals surface area contributed by atoms with Crippen LogP contribution in [0, 0.1) is 6.92 Å². The van der Waals surface area contributed by atoms with Gasteiger partial charge in [-0.25, -0.2) is 0 Å². The number of carbonyl (C=O) groups excluding carboxylic acids is 1. The highest BCUT2D eigenvalue weighted by Crippen LogP contribution is 2.36. The fourth-order valence-electron chi connectivity index (χ4n) is 2.95. The van der Waals surface area contributed by atoms with E-state index < -0.39 is 0 Å². The standard InChI is InChI=1S/C15H18N2OS/c1-10-8-11(17(2)16-10)9-14(18)12-4-3-5-15-13(12)6-7-19-15/h6-8,12H,3-5,9H2,1-2H3. The van der Waals surface area contributed by atoms with Gasteiger partial charge in [-0.3, -0.25) is 9.48 Å². The number of aromatic nitrogens is 2. The SMILES string of the molecule is Cc1cc(CC(=O)C2CCCc3sccc32)n(C)n1. The predicted molar refractivity (Wildman–Crippen MR) is 76.7 cm³/mol. The summed E-state index contributed by atoms with van der Waals surface area (Å²) in [5.41, 5.74) is 3.27. The van der Waals surface area contributed by atoms with Gasteiger partial charge in [-0.15, -0.1) is 11.3 Å². The minimum atomic E-state index is 0.102. The largest absolute Gasteiger partial charge is 0.299 e. The van der Waals surface area contributed by atoms with Crippen molar-refractivity contribution < 1.29 is 4.79 Å². The molecule has 0 N–H and O–H groups in total. The molecular weight excluding hydrogens is 256 g/mol. The number of ketones is 1. The van der Waals surface area contributed by atoms with Crippen molar-refractivity contribution >= 4 is 17.1 Å². The molecule has 3 rings (SSSR count). The fraction of sp³-hybridized carbons (Fsp3) is 0.467. The van der Waals surface area contributed by atoms with Gasteiger partial charge < -0.3 is 0 Å². The molecule has 2 aromatic rings. The first kappa shape index (κ1) is 12.6. The fourth-order valence-corrected chi connectivity index (χ4v) is 3.94. The molecule has 19 heavy (non-hydrogen) atoms. The highest BCUT2D eigenvalue weighted by molar-refractivity contribution is 7.10. The van der Waals surface area contributed by atoms with E-state index in [9.17, 15) is 4.79 Å². The lowest BCUT2D eigenvalue weighted by molar-refractivity contribution is -0.120. The highest BCUT2D eigenvalue weighted by atomic mass is 32.1. The number of nitrogens with zero attached hydrogens (tertiary/aromatic N) is 2. The number of hydrogen-bond acceptors (Lipinski definition) is 3. The lowest BCUT2D eigenvalue weighted by atomic mass is 9.83. The Kier molecular flexibility index (Phi) is 3.27. The van der Waals surface area contributed by atoms with Crippen molar-refractivity contribution in [3.63, 3.8) is 0 Å². The summed E-state index contributed by atoms with van der Waals surface area (Å²) in [6.07, 6.45) is 3.77. The van der Waals surface area contributed by atoms with Crippen molar-refractivity contribution in [2.45, 2.75) is 38.5 Å². The Hall–Kier alpha value is -1.42. The molecule has 4 heteroatoms. The van der Waals surface area contributed by atoms with Crippen LogP contribution in [0.15, 0.2) is 17.5 Å². The molecule has 1 atom stereocenters. The molecule has 0 amide bonds. The van der Waals surface area contributed by atoms with Gasteiger partial charge in [0, 0.05) is 30.0 Å². The van der Waals surface area contributed by atoms with Crippen LogP contribution in [-0.2, 0) is 24.7 Å². The molecule has 1 unspecified atom stereocenters. The maximum atomic E-state index is 12.6.